The van der Waals surface area contributed by atoms with Gasteiger partial charge in [-0.3, -0.25) is 9.78 Å². The Labute approximate surface area is 190 Å². The summed E-state index contributed by atoms with van der Waals surface area (Å²) in [6.07, 6.45) is 1.44. The molecule has 0 bridgehead atoms. The zero-order valence-electron chi connectivity index (χ0n) is 17.0. The lowest BCUT2D eigenvalue weighted by Crippen LogP contribution is -2.22. The van der Waals surface area contributed by atoms with Crippen molar-refractivity contribution in [3.63, 3.8) is 0 Å². The first-order chi connectivity index (χ1) is 15.8. The van der Waals surface area contributed by atoms with Gasteiger partial charge in [0.2, 0.25) is 5.55 Å². The van der Waals surface area contributed by atoms with E-state index in [1.54, 1.807) is 6.92 Å². The molecule has 0 radical (unpaired) electrons. The van der Waals surface area contributed by atoms with E-state index >= 15 is 0 Å². The Hall–Kier alpha value is -3.69. The molecule has 0 aliphatic carbocycles. The Bertz CT molecular complexity index is 1470. The molecule has 0 fully saturated rings. The third-order valence-corrected chi connectivity index (χ3v) is 5.07. The monoisotopic (exact) mass is 473 g/mol. The normalized spacial score (nSPS) is 11.8. The molecular weight excluding hydrogens is 459 g/mol. The first-order valence-electron chi connectivity index (χ1n) is 9.56. The Morgan fingerprint density at radius 3 is 2.64 bits per heavy atom. The smallest absolute Gasteiger partial charge is 0.261 e. The standard InChI is InChI=1S/C23H15ClF3N3O3/c1-11-21-15(12(10-31)9-28-11)8-16(22(32)30-20-5-2-13(25)6-19(20)27)23(33-21)29-14-3-4-18(26)17(24)7-14/h2-9,31H,10H2,1H3,(H,30,32). The zero-order chi connectivity index (χ0) is 23.7. The fourth-order valence-corrected chi connectivity index (χ4v) is 3.29. The van der Waals surface area contributed by atoms with Gasteiger partial charge in [-0.2, -0.15) is 0 Å². The number of nitrogens with zero attached hydrogens (tertiary/aromatic N) is 2. The lowest BCUT2D eigenvalue weighted by molar-refractivity contribution is 0.102. The summed E-state index contributed by atoms with van der Waals surface area (Å²) in [5.41, 5.74) is 0.737. The predicted molar refractivity (Wildman–Crippen MR) is 116 cm³/mol. The fourth-order valence-electron chi connectivity index (χ4n) is 3.11. The zero-order valence-corrected chi connectivity index (χ0v) is 17.8. The van der Waals surface area contributed by atoms with Crippen molar-refractivity contribution in [2.45, 2.75) is 13.5 Å². The molecule has 4 aromatic rings. The Morgan fingerprint density at radius 1 is 1.15 bits per heavy atom. The Balaban J connectivity index is 1.93. The van der Waals surface area contributed by atoms with Crippen molar-refractivity contribution in [2.24, 2.45) is 4.99 Å². The number of aromatic nitrogens is 1. The fraction of sp³-hybridized carbons (Fsp3) is 0.0870. The Kier molecular flexibility index (Phi) is 6.17. The lowest BCUT2D eigenvalue weighted by Gasteiger charge is -2.10. The molecular formula is C23H15ClF3N3O3. The summed E-state index contributed by atoms with van der Waals surface area (Å²) in [4.78, 5) is 21.5. The number of halogens is 4. The van der Waals surface area contributed by atoms with Gasteiger partial charge < -0.3 is 14.8 Å². The third kappa shape index (κ3) is 4.59. The van der Waals surface area contributed by atoms with Gasteiger partial charge in [0.15, 0.2) is 5.58 Å². The van der Waals surface area contributed by atoms with Gasteiger partial charge in [-0.25, -0.2) is 18.2 Å². The summed E-state index contributed by atoms with van der Waals surface area (Å²) in [5, 5.41) is 12.2. The van der Waals surface area contributed by atoms with Crippen LogP contribution in [0.3, 0.4) is 0 Å². The molecule has 0 unspecified atom stereocenters. The predicted octanol–water partition coefficient (Wildman–Crippen LogP) is 5.18. The van der Waals surface area contributed by atoms with Crippen LogP contribution in [0.2, 0.25) is 5.02 Å². The summed E-state index contributed by atoms with van der Waals surface area (Å²) < 4.78 is 46.7. The number of aliphatic hydroxyl groups excluding tert-OH is 1. The molecule has 0 saturated carbocycles. The summed E-state index contributed by atoms with van der Waals surface area (Å²) in [6.45, 7) is 1.29. The van der Waals surface area contributed by atoms with E-state index in [9.17, 15) is 23.1 Å². The number of amides is 1. The van der Waals surface area contributed by atoms with Gasteiger partial charge in [-0.1, -0.05) is 11.6 Å². The molecule has 0 atom stereocenters. The van der Waals surface area contributed by atoms with Crippen LogP contribution in [0, 0.1) is 24.4 Å². The van der Waals surface area contributed by atoms with E-state index in [2.05, 4.69) is 15.3 Å². The molecule has 4 rings (SSSR count). The molecule has 2 heterocycles. The minimum Gasteiger partial charge on any atom is -0.436 e. The van der Waals surface area contributed by atoms with Crippen LogP contribution >= 0.6 is 11.6 Å². The van der Waals surface area contributed by atoms with Crippen molar-refractivity contribution in [3.8, 4) is 0 Å². The highest BCUT2D eigenvalue weighted by atomic mass is 35.5. The molecule has 10 heteroatoms. The molecule has 2 N–H and O–H groups in total. The first kappa shape index (κ1) is 22.5. The lowest BCUT2D eigenvalue weighted by atomic mass is 10.1. The van der Waals surface area contributed by atoms with Crippen molar-refractivity contribution >= 4 is 39.9 Å². The topological polar surface area (TPSA) is 87.7 Å². The molecule has 2 aromatic heterocycles. The number of benzene rings is 2. The maximum absolute atomic E-state index is 14.1. The van der Waals surface area contributed by atoms with Crippen molar-refractivity contribution in [2.75, 3.05) is 5.32 Å². The van der Waals surface area contributed by atoms with Gasteiger partial charge in [-0.15, -0.1) is 0 Å². The number of aliphatic hydroxyl groups is 1. The molecule has 0 saturated heterocycles. The summed E-state index contributed by atoms with van der Waals surface area (Å²) in [5.74, 6) is -3.23. The summed E-state index contributed by atoms with van der Waals surface area (Å²) >= 11 is 5.82. The second kappa shape index (κ2) is 9.05. The molecule has 6 nitrogen and oxygen atoms in total. The number of rotatable bonds is 4. The molecule has 0 aliphatic rings. The maximum atomic E-state index is 14.1. The van der Waals surface area contributed by atoms with Crippen molar-refractivity contribution in [1.29, 1.82) is 0 Å². The second-order valence-corrected chi connectivity index (χ2v) is 7.43. The van der Waals surface area contributed by atoms with E-state index in [1.165, 1.54) is 24.4 Å². The second-order valence-electron chi connectivity index (χ2n) is 7.02. The van der Waals surface area contributed by atoms with Crippen molar-refractivity contribution in [3.05, 3.63) is 93.5 Å². The van der Waals surface area contributed by atoms with Gasteiger partial charge in [0.05, 0.1) is 28.7 Å². The molecule has 0 spiro atoms. The number of hydrogen-bond acceptors (Lipinski definition) is 5. The number of hydrogen-bond donors (Lipinski definition) is 2. The van der Waals surface area contributed by atoms with Crippen LogP contribution in [-0.2, 0) is 6.61 Å². The number of pyridine rings is 1. The molecule has 2 aromatic carbocycles. The number of nitrogens with one attached hydrogen (secondary N) is 1. The van der Waals surface area contributed by atoms with E-state index in [1.807, 2.05) is 0 Å². The van der Waals surface area contributed by atoms with Gasteiger partial charge in [0.25, 0.3) is 5.91 Å². The number of carbonyl (C=O) groups excluding carboxylic acids is 1. The van der Waals surface area contributed by atoms with Gasteiger partial charge >= 0.3 is 0 Å². The molecule has 168 valence electrons. The number of fused-ring (bicyclic) bond motifs is 1. The minimum absolute atomic E-state index is 0.119. The summed E-state index contributed by atoms with van der Waals surface area (Å²) in [6, 6.07) is 7.79. The van der Waals surface area contributed by atoms with Crippen LogP contribution in [0.25, 0.3) is 11.0 Å². The summed E-state index contributed by atoms with van der Waals surface area (Å²) in [7, 11) is 0. The average Bonchev–Trinajstić information content (AvgIpc) is 2.78. The van der Waals surface area contributed by atoms with Crippen molar-refractivity contribution in [1.82, 2.24) is 4.98 Å². The van der Waals surface area contributed by atoms with E-state index in [0.29, 0.717) is 22.7 Å². The highest BCUT2D eigenvalue weighted by Crippen LogP contribution is 2.24. The molecule has 0 aliphatic heterocycles. The Morgan fingerprint density at radius 2 is 1.94 bits per heavy atom. The number of carbonyl (C=O) groups is 1. The maximum Gasteiger partial charge on any atom is 0.261 e. The number of aryl methyl sites for hydroxylation is 1. The van der Waals surface area contributed by atoms with E-state index in [-0.39, 0.29) is 39.7 Å². The highest BCUT2D eigenvalue weighted by molar-refractivity contribution is 6.31. The van der Waals surface area contributed by atoms with E-state index < -0.39 is 23.4 Å². The molecule has 1 amide bonds. The van der Waals surface area contributed by atoms with Crippen LogP contribution in [-0.4, -0.2) is 16.0 Å². The van der Waals surface area contributed by atoms with Crippen molar-refractivity contribution < 1.29 is 27.5 Å². The SMILES string of the molecule is Cc1ncc(CO)c2cc(C(=O)Nc3ccc(F)cc3F)c(=Nc3ccc(F)c(Cl)c3)oc12. The number of anilines is 1. The third-order valence-electron chi connectivity index (χ3n) is 4.78. The average molecular weight is 474 g/mol. The highest BCUT2D eigenvalue weighted by Gasteiger charge is 2.18. The molecule has 33 heavy (non-hydrogen) atoms. The first-order valence-corrected chi connectivity index (χ1v) is 9.94. The van der Waals surface area contributed by atoms with Crippen LogP contribution in [0.5, 0.6) is 0 Å². The van der Waals surface area contributed by atoms with Crippen LogP contribution in [0.1, 0.15) is 21.6 Å². The van der Waals surface area contributed by atoms with Gasteiger partial charge in [-0.05, 0) is 43.3 Å². The van der Waals surface area contributed by atoms with Crippen LogP contribution < -0.4 is 10.9 Å². The quantitative estimate of drug-likeness (QED) is 0.427. The largest absolute Gasteiger partial charge is 0.436 e. The minimum atomic E-state index is -0.971. The van der Waals surface area contributed by atoms with Gasteiger partial charge in [0.1, 0.15) is 23.0 Å². The van der Waals surface area contributed by atoms with E-state index in [0.717, 1.165) is 18.2 Å². The van der Waals surface area contributed by atoms with E-state index in [4.69, 9.17) is 16.0 Å². The van der Waals surface area contributed by atoms with Crippen LogP contribution in [0.4, 0.5) is 24.5 Å². The van der Waals surface area contributed by atoms with Crippen LogP contribution in [0.15, 0.2) is 58.1 Å². The van der Waals surface area contributed by atoms with Gasteiger partial charge in [0, 0.05) is 23.2 Å².